The molecule has 3 heterocycles. The van der Waals surface area contributed by atoms with Gasteiger partial charge in [0.25, 0.3) is 5.56 Å². The predicted molar refractivity (Wildman–Crippen MR) is 124 cm³/mol. The molecule has 0 atom stereocenters. The molecular formula is C22H21N3O3S3. The molecule has 1 aromatic carbocycles. The van der Waals surface area contributed by atoms with Crippen LogP contribution in [0.2, 0.25) is 0 Å². The number of aromatic nitrogens is 2. The molecular weight excluding hydrogens is 450 g/mol. The van der Waals surface area contributed by atoms with Crippen LogP contribution in [0.25, 0.3) is 10.2 Å². The number of H-pyrrole nitrogens is 1. The second-order valence-corrected chi connectivity index (χ2v) is 11.6. The van der Waals surface area contributed by atoms with Crippen LogP contribution in [-0.4, -0.2) is 22.7 Å². The molecule has 1 N–H and O–H groups in total. The number of fused-ring (bicyclic) bond motifs is 3. The molecule has 9 heteroatoms. The maximum atomic E-state index is 13.4. The first-order valence-corrected chi connectivity index (χ1v) is 13.3. The lowest BCUT2D eigenvalue weighted by Gasteiger charge is -2.21. The van der Waals surface area contributed by atoms with Crippen molar-refractivity contribution < 1.29 is 8.42 Å². The van der Waals surface area contributed by atoms with Crippen LogP contribution in [0.1, 0.15) is 34.0 Å². The number of nitrogens with one attached hydrogen (secondary N) is 1. The number of aryl methyl sites for hydroxylation is 2. The summed E-state index contributed by atoms with van der Waals surface area (Å²) in [6, 6.07) is 12.2. The number of nitrogens with zero attached hydrogens (tertiary/aromatic N) is 2. The first-order chi connectivity index (χ1) is 15.0. The molecule has 0 spiro atoms. The fraction of sp³-hybridized carbons (Fsp3) is 0.273. The van der Waals surface area contributed by atoms with E-state index < -0.39 is 10.0 Å². The third-order valence-electron chi connectivity index (χ3n) is 5.49. The third kappa shape index (κ3) is 3.98. The highest BCUT2D eigenvalue weighted by Crippen LogP contribution is 2.33. The van der Waals surface area contributed by atoms with Gasteiger partial charge in [0.05, 0.1) is 16.8 Å². The lowest BCUT2D eigenvalue weighted by molar-refractivity contribution is 0.395. The van der Waals surface area contributed by atoms with Gasteiger partial charge in [0.15, 0.2) is 0 Å². The Kier molecular flexibility index (Phi) is 5.51. The van der Waals surface area contributed by atoms with Crippen LogP contribution in [0.15, 0.2) is 57.5 Å². The summed E-state index contributed by atoms with van der Waals surface area (Å²) in [4.78, 5) is 23.5. The Morgan fingerprint density at radius 2 is 1.84 bits per heavy atom. The molecule has 31 heavy (non-hydrogen) atoms. The summed E-state index contributed by atoms with van der Waals surface area (Å²) in [5, 5.41) is 2.60. The summed E-state index contributed by atoms with van der Waals surface area (Å²) in [5.74, 6) is 0.368. The van der Waals surface area contributed by atoms with Crippen LogP contribution in [0.3, 0.4) is 0 Å². The zero-order chi connectivity index (χ0) is 21.4. The number of hydrogen-bond donors (Lipinski definition) is 1. The highest BCUT2D eigenvalue weighted by Gasteiger charge is 2.27. The van der Waals surface area contributed by atoms with Crippen molar-refractivity contribution in [2.24, 2.45) is 0 Å². The molecule has 0 saturated carbocycles. The second kappa shape index (κ2) is 8.31. The lowest BCUT2D eigenvalue weighted by Crippen LogP contribution is -2.31. The molecule has 0 unspecified atom stereocenters. The van der Waals surface area contributed by atoms with Crippen LogP contribution < -0.4 is 5.56 Å². The Morgan fingerprint density at radius 1 is 1.03 bits per heavy atom. The number of rotatable bonds is 6. The molecule has 0 saturated heterocycles. The van der Waals surface area contributed by atoms with Crippen molar-refractivity contribution in [1.29, 1.82) is 0 Å². The van der Waals surface area contributed by atoms with Crippen molar-refractivity contribution >= 4 is 42.9 Å². The van der Waals surface area contributed by atoms with Crippen molar-refractivity contribution in [3.8, 4) is 0 Å². The van der Waals surface area contributed by atoms with Crippen LogP contribution in [0.4, 0.5) is 0 Å². The third-order valence-corrected chi connectivity index (χ3v) is 9.35. The van der Waals surface area contributed by atoms with Crippen LogP contribution in [0, 0.1) is 0 Å². The van der Waals surface area contributed by atoms with Gasteiger partial charge in [0, 0.05) is 16.3 Å². The standard InChI is InChI=1S/C22H21N3O3S3/c26-21-20-17-10-4-5-11-18(17)30-22(20)24-19(23-21)14-25(13-15-7-6-12-29-15)31(27,28)16-8-2-1-3-9-16/h1-3,6-9,12H,4-5,10-11,13-14H2,(H,23,24,26). The summed E-state index contributed by atoms with van der Waals surface area (Å²) in [6.07, 6.45) is 4.11. The maximum Gasteiger partial charge on any atom is 0.259 e. The Bertz CT molecular complexity index is 1370. The highest BCUT2D eigenvalue weighted by molar-refractivity contribution is 7.89. The summed E-state index contributed by atoms with van der Waals surface area (Å²) < 4.78 is 28.1. The number of benzene rings is 1. The average Bonchev–Trinajstić information content (AvgIpc) is 3.41. The van der Waals surface area contributed by atoms with Gasteiger partial charge in [-0.25, -0.2) is 13.4 Å². The summed E-state index contributed by atoms with van der Waals surface area (Å²) in [6.45, 7) is 0.223. The normalized spacial score (nSPS) is 14.2. The van der Waals surface area contributed by atoms with E-state index in [0.717, 1.165) is 36.1 Å². The van der Waals surface area contributed by atoms with Gasteiger partial charge in [-0.05, 0) is 54.8 Å². The molecule has 1 aliphatic rings. The number of sulfonamides is 1. The first-order valence-electron chi connectivity index (χ1n) is 10.1. The van der Waals surface area contributed by atoms with Gasteiger partial charge >= 0.3 is 0 Å². The Labute approximate surface area is 188 Å². The van der Waals surface area contributed by atoms with E-state index in [-0.39, 0.29) is 23.5 Å². The summed E-state index contributed by atoms with van der Waals surface area (Å²) in [5.41, 5.74) is 0.950. The van der Waals surface area contributed by atoms with Gasteiger partial charge in [-0.1, -0.05) is 24.3 Å². The zero-order valence-corrected chi connectivity index (χ0v) is 19.2. The molecule has 0 aliphatic heterocycles. The van der Waals surface area contributed by atoms with E-state index in [2.05, 4.69) is 9.97 Å². The SMILES string of the molecule is O=c1[nH]c(CN(Cc2cccs2)S(=O)(=O)c2ccccc2)nc2sc3c(c12)CCCC3. The fourth-order valence-electron chi connectivity index (χ4n) is 3.99. The number of hydrogen-bond acceptors (Lipinski definition) is 6. The van der Waals surface area contributed by atoms with E-state index in [4.69, 9.17) is 0 Å². The Morgan fingerprint density at radius 3 is 2.61 bits per heavy atom. The van der Waals surface area contributed by atoms with Gasteiger partial charge in [-0.3, -0.25) is 4.79 Å². The molecule has 3 aromatic heterocycles. The van der Waals surface area contributed by atoms with E-state index in [1.54, 1.807) is 41.7 Å². The van der Waals surface area contributed by atoms with Crippen molar-refractivity contribution in [3.05, 3.63) is 79.3 Å². The summed E-state index contributed by atoms with van der Waals surface area (Å²) in [7, 11) is -3.76. The van der Waals surface area contributed by atoms with Crippen molar-refractivity contribution in [1.82, 2.24) is 14.3 Å². The van der Waals surface area contributed by atoms with Gasteiger partial charge < -0.3 is 4.98 Å². The monoisotopic (exact) mass is 471 g/mol. The molecule has 5 rings (SSSR count). The maximum absolute atomic E-state index is 13.4. The smallest absolute Gasteiger partial charge is 0.259 e. The number of thiophene rings is 2. The van der Waals surface area contributed by atoms with Gasteiger partial charge in [0.2, 0.25) is 10.0 Å². The largest absolute Gasteiger partial charge is 0.309 e. The van der Waals surface area contributed by atoms with Gasteiger partial charge in [-0.2, -0.15) is 4.31 Å². The quantitative estimate of drug-likeness (QED) is 0.454. The van der Waals surface area contributed by atoms with Gasteiger partial charge in [0.1, 0.15) is 10.7 Å². The zero-order valence-electron chi connectivity index (χ0n) is 16.7. The molecule has 160 valence electrons. The highest BCUT2D eigenvalue weighted by atomic mass is 32.2. The van der Waals surface area contributed by atoms with Crippen LogP contribution in [0.5, 0.6) is 0 Å². The van der Waals surface area contributed by atoms with Crippen molar-refractivity contribution in [2.75, 3.05) is 0 Å². The molecule has 6 nitrogen and oxygen atoms in total. The first kappa shape index (κ1) is 20.6. The summed E-state index contributed by atoms with van der Waals surface area (Å²) >= 11 is 3.07. The minimum absolute atomic E-state index is 0.00285. The van der Waals surface area contributed by atoms with Crippen LogP contribution in [-0.2, 0) is 36.0 Å². The number of aromatic amines is 1. The van der Waals surface area contributed by atoms with E-state index in [0.29, 0.717) is 16.0 Å². The molecule has 4 aromatic rings. The van der Waals surface area contributed by atoms with Crippen molar-refractivity contribution in [2.45, 2.75) is 43.7 Å². The van der Waals surface area contributed by atoms with Crippen LogP contribution >= 0.6 is 22.7 Å². The topological polar surface area (TPSA) is 83.1 Å². The fourth-order valence-corrected chi connectivity index (χ4v) is 7.48. The minimum Gasteiger partial charge on any atom is -0.309 e. The van der Waals surface area contributed by atoms with E-state index in [1.807, 2.05) is 17.5 Å². The Balaban J connectivity index is 1.55. The second-order valence-electron chi connectivity index (χ2n) is 7.57. The average molecular weight is 472 g/mol. The molecule has 1 aliphatic carbocycles. The van der Waals surface area contributed by atoms with E-state index in [1.165, 1.54) is 20.5 Å². The molecule has 0 radical (unpaired) electrons. The van der Waals surface area contributed by atoms with Gasteiger partial charge in [-0.15, -0.1) is 22.7 Å². The lowest BCUT2D eigenvalue weighted by atomic mass is 9.97. The minimum atomic E-state index is -3.76. The van der Waals surface area contributed by atoms with E-state index >= 15 is 0 Å². The molecule has 0 amide bonds. The molecule has 0 bridgehead atoms. The predicted octanol–water partition coefficient (Wildman–Crippen LogP) is 4.32. The van der Waals surface area contributed by atoms with E-state index in [9.17, 15) is 13.2 Å². The van der Waals surface area contributed by atoms with Crippen molar-refractivity contribution in [3.63, 3.8) is 0 Å². The Hall–Kier alpha value is -2.33. The molecule has 0 fully saturated rings.